The molecule has 1 atom stereocenters. The maximum Gasteiger partial charge on any atom is 0.321 e. The van der Waals surface area contributed by atoms with Crippen molar-refractivity contribution in [1.29, 1.82) is 0 Å². The van der Waals surface area contributed by atoms with Gasteiger partial charge in [0.1, 0.15) is 11.5 Å². The molecule has 6 heteroatoms. The van der Waals surface area contributed by atoms with E-state index >= 15 is 0 Å². The summed E-state index contributed by atoms with van der Waals surface area (Å²) in [4.78, 5) is 16.4. The molecule has 0 aromatic carbocycles. The first-order valence-corrected chi connectivity index (χ1v) is 7.18. The average molecular weight is 282 g/mol. The smallest absolute Gasteiger partial charge is 0.321 e. The molecule has 20 heavy (non-hydrogen) atoms. The van der Waals surface area contributed by atoms with E-state index in [0.717, 1.165) is 0 Å². The van der Waals surface area contributed by atoms with Crippen LogP contribution in [0, 0.1) is 5.92 Å². The largest absolute Gasteiger partial charge is 0.465 e. The predicted octanol–water partition coefficient (Wildman–Crippen LogP) is 2.40. The van der Waals surface area contributed by atoms with E-state index in [-0.39, 0.29) is 18.0 Å². The molecule has 0 radical (unpaired) electrons. The number of esters is 1. The molecule has 1 aliphatic rings. The molecule has 0 saturated heterocycles. The van der Waals surface area contributed by atoms with Gasteiger partial charge in [0.05, 0.1) is 6.61 Å². The summed E-state index contributed by atoms with van der Waals surface area (Å²) in [6.07, 6.45) is 1.19. The van der Waals surface area contributed by atoms with Crippen LogP contribution in [0.1, 0.15) is 58.4 Å². The molecule has 2 rings (SSSR count). The fraction of sp³-hybridized carbons (Fsp3) is 0.786. The highest BCUT2D eigenvalue weighted by Gasteiger charge is 2.57. The van der Waals surface area contributed by atoms with Crippen LogP contribution in [0.2, 0.25) is 0 Å². The molecule has 1 aliphatic carbocycles. The van der Waals surface area contributed by atoms with Crippen molar-refractivity contribution in [1.82, 2.24) is 10.1 Å². The molecular weight excluding hydrogens is 260 g/mol. The van der Waals surface area contributed by atoms with Crippen LogP contribution in [-0.2, 0) is 19.7 Å². The van der Waals surface area contributed by atoms with Crippen LogP contribution in [0.4, 0.5) is 0 Å². The van der Waals surface area contributed by atoms with E-state index < -0.39 is 5.41 Å². The van der Waals surface area contributed by atoms with Crippen LogP contribution < -0.4 is 0 Å². The van der Waals surface area contributed by atoms with E-state index in [1.165, 1.54) is 0 Å². The Hall–Kier alpha value is -1.43. The van der Waals surface area contributed by atoms with Gasteiger partial charge in [0.2, 0.25) is 11.7 Å². The quantitative estimate of drug-likeness (QED) is 0.715. The second kappa shape index (κ2) is 5.91. The molecule has 0 N–H and O–H groups in total. The average Bonchev–Trinajstić information content (AvgIpc) is 3.08. The zero-order chi connectivity index (χ0) is 14.8. The Bertz CT molecular complexity index is 465. The molecule has 0 amide bonds. The van der Waals surface area contributed by atoms with Crippen LogP contribution in [-0.4, -0.2) is 29.3 Å². The normalized spacial score (nSPS) is 18.1. The van der Waals surface area contributed by atoms with Crippen molar-refractivity contribution >= 4 is 5.97 Å². The lowest BCUT2D eigenvalue weighted by Crippen LogP contribution is -2.24. The summed E-state index contributed by atoms with van der Waals surface area (Å²) >= 11 is 0. The van der Waals surface area contributed by atoms with E-state index in [0.29, 0.717) is 37.8 Å². The van der Waals surface area contributed by atoms with Crippen molar-refractivity contribution in [3.05, 3.63) is 11.7 Å². The van der Waals surface area contributed by atoms with Gasteiger partial charge in [-0.3, -0.25) is 4.79 Å². The fourth-order valence-corrected chi connectivity index (χ4v) is 2.19. The van der Waals surface area contributed by atoms with Crippen molar-refractivity contribution < 1.29 is 18.8 Å². The third-order valence-corrected chi connectivity index (χ3v) is 3.47. The number of hydrogen-bond donors (Lipinski definition) is 0. The van der Waals surface area contributed by atoms with Crippen molar-refractivity contribution in [3.63, 3.8) is 0 Å². The van der Waals surface area contributed by atoms with Gasteiger partial charge in [-0.1, -0.05) is 19.0 Å². The fourth-order valence-electron chi connectivity index (χ4n) is 2.19. The molecule has 1 unspecified atom stereocenters. The van der Waals surface area contributed by atoms with Gasteiger partial charge >= 0.3 is 5.97 Å². The van der Waals surface area contributed by atoms with E-state index in [2.05, 4.69) is 10.1 Å². The van der Waals surface area contributed by atoms with Crippen molar-refractivity contribution in [2.45, 2.75) is 52.1 Å². The monoisotopic (exact) mass is 282 g/mol. The van der Waals surface area contributed by atoms with E-state index in [4.69, 9.17) is 14.0 Å². The Morgan fingerprint density at radius 2 is 2.05 bits per heavy atom. The van der Waals surface area contributed by atoms with E-state index in [1.54, 1.807) is 6.92 Å². The summed E-state index contributed by atoms with van der Waals surface area (Å²) in [7, 11) is 0. The number of ether oxygens (including phenoxy) is 2. The second-order valence-corrected chi connectivity index (χ2v) is 5.38. The first-order chi connectivity index (χ1) is 9.55. The molecule has 1 heterocycles. The standard InChI is InChI=1S/C14H22N2O4/c1-5-18-10(9(3)4)11-15-12(20-16-11)14(7-8-14)13(17)19-6-2/h9-10H,5-8H2,1-4H3. The summed E-state index contributed by atoms with van der Waals surface area (Å²) in [5, 5.41) is 3.99. The van der Waals surface area contributed by atoms with Gasteiger partial charge in [-0.25, -0.2) is 0 Å². The lowest BCUT2D eigenvalue weighted by Gasteiger charge is -2.16. The van der Waals surface area contributed by atoms with Gasteiger partial charge in [-0.2, -0.15) is 4.98 Å². The van der Waals surface area contributed by atoms with Gasteiger partial charge in [0.15, 0.2) is 0 Å². The van der Waals surface area contributed by atoms with Crippen LogP contribution in [0.3, 0.4) is 0 Å². The minimum absolute atomic E-state index is 0.213. The second-order valence-electron chi connectivity index (χ2n) is 5.38. The maximum atomic E-state index is 12.0. The summed E-state index contributed by atoms with van der Waals surface area (Å²) in [6, 6.07) is 0. The lowest BCUT2D eigenvalue weighted by atomic mass is 10.1. The number of nitrogens with zero attached hydrogens (tertiary/aromatic N) is 2. The SMILES string of the molecule is CCOC(=O)C1(c2nc(C(OCC)C(C)C)no2)CC1. The molecule has 0 bridgehead atoms. The number of carbonyl (C=O) groups excluding carboxylic acids is 1. The third kappa shape index (κ3) is 2.70. The number of carbonyl (C=O) groups is 1. The van der Waals surface area contributed by atoms with Crippen molar-refractivity contribution in [2.75, 3.05) is 13.2 Å². The van der Waals surface area contributed by atoms with Gasteiger partial charge in [0, 0.05) is 6.61 Å². The number of hydrogen-bond acceptors (Lipinski definition) is 6. The van der Waals surface area contributed by atoms with Gasteiger partial charge < -0.3 is 14.0 Å². The molecule has 6 nitrogen and oxygen atoms in total. The van der Waals surface area contributed by atoms with Crippen LogP contribution in [0.15, 0.2) is 4.52 Å². The van der Waals surface area contributed by atoms with Crippen LogP contribution >= 0.6 is 0 Å². The Labute approximate surface area is 118 Å². The number of rotatable bonds is 7. The van der Waals surface area contributed by atoms with Gasteiger partial charge in [-0.05, 0) is 32.6 Å². The highest BCUT2D eigenvalue weighted by Crippen LogP contribution is 2.48. The summed E-state index contributed by atoms with van der Waals surface area (Å²) < 4.78 is 16.0. The molecule has 0 spiro atoms. The van der Waals surface area contributed by atoms with Crippen LogP contribution in [0.25, 0.3) is 0 Å². The predicted molar refractivity (Wildman–Crippen MR) is 71.0 cm³/mol. The molecule has 1 fully saturated rings. The number of aromatic nitrogens is 2. The summed E-state index contributed by atoms with van der Waals surface area (Å²) in [5.74, 6) is 0.828. The zero-order valence-electron chi connectivity index (χ0n) is 12.5. The first-order valence-electron chi connectivity index (χ1n) is 7.18. The Morgan fingerprint density at radius 1 is 1.35 bits per heavy atom. The molecule has 1 aromatic heterocycles. The Kier molecular flexibility index (Phi) is 4.42. The topological polar surface area (TPSA) is 74.5 Å². The van der Waals surface area contributed by atoms with E-state index in [9.17, 15) is 4.79 Å². The summed E-state index contributed by atoms with van der Waals surface area (Å²) in [6.45, 7) is 8.72. The minimum Gasteiger partial charge on any atom is -0.465 e. The van der Waals surface area contributed by atoms with Crippen LogP contribution in [0.5, 0.6) is 0 Å². The molecular formula is C14H22N2O4. The zero-order valence-corrected chi connectivity index (χ0v) is 12.5. The Morgan fingerprint density at radius 3 is 2.55 bits per heavy atom. The lowest BCUT2D eigenvalue weighted by molar-refractivity contribution is -0.146. The third-order valence-electron chi connectivity index (χ3n) is 3.47. The van der Waals surface area contributed by atoms with Crippen molar-refractivity contribution in [3.8, 4) is 0 Å². The first kappa shape index (κ1) is 15.0. The Balaban J connectivity index is 2.18. The van der Waals surface area contributed by atoms with Gasteiger partial charge in [0.25, 0.3) is 0 Å². The van der Waals surface area contributed by atoms with Gasteiger partial charge in [-0.15, -0.1) is 0 Å². The highest BCUT2D eigenvalue weighted by atomic mass is 16.5. The molecule has 0 aliphatic heterocycles. The minimum atomic E-state index is -0.713. The molecule has 112 valence electrons. The van der Waals surface area contributed by atoms with E-state index in [1.807, 2.05) is 20.8 Å². The molecule has 1 saturated carbocycles. The molecule has 1 aromatic rings. The summed E-state index contributed by atoms with van der Waals surface area (Å²) in [5.41, 5.74) is -0.713. The van der Waals surface area contributed by atoms with Crippen molar-refractivity contribution in [2.24, 2.45) is 5.92 Å². The maximum absolute atomic E-state index is 12.0. The highest BCUT2D eigenvalue weighted by molar-refractivity contribution is 5.85.